The fourth-order valence-corrected chi connectivity index (χ4v) is 2.87. The molecule has 0 fully saturated rings. The second-order valence-electron chi connectivity index (χ2n) is 4.98. The number of ether oxygens (including phenoxy) is 1. The Morgan fingerprint density at radius 3 is 2.80 bits per heavy atom. The van der Waals surface area contributed by atoms with Gasteiger partial charge in [-0.05, 0) is 41.9 Å². The molecule has 0 aliphatic heterocycles. The Bertz CT molecular complexity index is 467. The molecule has 0 radical (unpaired) electrons. The van der Waals surface area contributed by atoms with E-state index in [4.69, 9.17) is 9.84 Å². The standard InChI is InChI=1S/C16H22O3S/c1-12(2)8-9-20-11-13-4-6-15(19-3)14(10-13)5-7-16(17)18/h4-7,10,12H,8-9,11H2,1-3H3,(H,17,18)/b7-5+. The first-order chi connectivity index (χ1) is 9.52. The average Bonchev–Trinajstić information content (AvgIpc) is 2.41. The third-order valence-corrected chi connectivity index (χ3v) is 3.87. The Labute approximate surface area is 125 Å². The van der Waals surface area contributed by atoms with Crippen molar-refractivity contribution in [2.45, 2.75) is 26.0 Å². The lowest BCUT2D eigenvalue weighted by Gasteiger charge is -2.08. The van der Waals surface area contributed by atoms with Crippen LogP contribution >= 0.6 is 11.8 Å². The summed E-state index contributed by atoms with van der Waals surface area (Å²) < 4.78 is 5.24. The number of rotatable bonds is 8. The summed E-state index contributed by atoms with van der Waals surface area (Å²) in [5.41, 5.74) is 1.99. The lowest BCUT2D eigenvalue weighted by Crippen LogP contribution is -1.93. The minimum atomic E-state index is -0.955. The van der Waals surface area contributed by atoms with Gasteiger partial charge in [-0.3, -0.25) is 0 Å². The smallest absolute Gasteiger partial charge is 0.328 e. The van der Waals surface area contributed by atoms with E-state index < -0.39 is 5.97 Å². The molecule has 0 amide bonds. The molecule has 1 rings (SSSR count). The summed E-state index contributed by atoms with van der Waals surface area (Å²) in [6.45, 7) is 4.45. The van der Waals surface area contributed by atoms with Crippen molar-refractivity contribution in [3.8, 4) is 5.75 Å². The zero-order valence-corrected chi connectivity index (χ0v) is 13.1. The molecule has 4 heteroatoms. The van der Waals surface area contributed by atoms with E-state index in [1.165, 1.54) is 12.0 Å². The molecule has 0 spiro atoms. The second kappa shape index (κ2) is 8.69. The average molecular weight is 294 g/mol. The number of carbonyl (C=O) groups is 1. The van der Waals surface area contributed by atoms with Gasteiger partial charge in [-0.1, -0.05) is 19.9 Å². The third kappa shape index (κ3) is 6.15. The van der Waals surface area contributed by atoms with Gasteiger partial charge in [-0.15, -0.1) is 0 Å². The predicted octanol–water partition coefficient (Wildman–Crippen LogP) is 4.07. The summed E-state index contributed by atoms with van der Waals surface area (Å²) in [6, 6.07) is 5.90. The van der Waals surface area contributed by atoms with Crippen LogP contribution < -0.4 is 4.74 Å². The Morgan fingerprint density at radius 1 is 1.45 bits per heavy atom. The summed E-state index contributed by atoms with van der Waals surface area (Å²) >= 11 is 1.90. The maximum Gasteiger partial charge on any atom is 0.328 e. The highest BCUT2D eigenvalue weighted by molar-refractivity contribution is 7.98. The molecule has 1 aromatic carbocycles. The summed E-state index contributed by atoms with van der Waals surface area (Å²) in [4.78, 5) is 10.6. The molecule has 1 N–H and O–H groups in total. The third-order valence-electron chi connectivity index (χ3n) is 2.81. The van der Waals surface area contributed by atoms with Crippen molar-refractivity contribution in [1.82, 2.24) is 0 Å². The summed E-state index contributed by atoms with van der Waals surface area (Å²) in [5, 5.41) is 8.70. The number of hydrogen-bond donors (Lipinski definition) is 1. The highest BCUT2D eigenvalue weighted by Gasteiger charge is 2.03. The summed E-state index contributed by atoms with van der Waals surface area (Å²) in [6.07, 6.45) is 3.92. The normalized spacial score (nSPS) is 11.2. The van der Waals surface area contributed by atoms with Gasteiger partial charge in [0.2, 0.25) is 0 Å². The van der Waals surface area contributed by atoms with E-state index in [-0.39, 0.29) is 0 Å². The second-order valence-corrected chi connectivity index (χ2v) is 6.09. The Morgan fingerprint density at radius 2 is 2.20 bits per heavy atom. The van der Waals surface area contributed by atoms with Gasteiger partial charge in [-0.2, -0.15) is 11.8 Å². The van der Waals surface area contributed by atoms with E-state index in [1.807, 2.05) is 30.0 Å². The molecule has 0 heterocycles. The molecule has 0 aliphatic carbocycles. The lowest BCUT2D eigenvalue weighted by atomic mass is 10.1. The zero-order chi connectivity index (χ0) is 15.0. The Hall–Kier alpha value is -1.42. The van der Waals surface area contributed by atoms with Crippen molar-refractivity contribution in [3.63, 3.8) is 0 Å². The van der Waals surface area contributed by atoms with E-state index in [9.17, 15) is 4.79 Å². The van der Waals surface area contributed by atoms with Crippen molar-refractivity contribution in [1.29, 1.82) is 0 Å². The van der Waals surface area contributed by atoms with Crippen molar-refractivity contribution in [2.75, 3.05) is 12.9 Å². The quantitative estimate of drug-likeness (QED) is 0.580. The highest BCUT2D eigenvalue weighted by atomic mass is 32.2. The Balaban J connectivity index is 2.69. The van der Waals surface area contributed by atoms with Crippen molar-refractivity contribution >= 4 is 23.8 Å². The number of carboxylic acids is 1. The first kappa shape index (κ1) is 16.6. The molecule has 0 atom stereocenters. The maximum absolute atomic E-state index is 10.6. The van der Waals surface area contributed by atoms with Crippen molar-refractivity contribution in [3.05, 3.63) is 35.4 Å². The van der Waals surface area contributed by atoms with Gasteiger partial charge >= 0.3 is 5.97 Å². The van der Waals surface area contributed by atoms with Crippen LogP contribution in [0.1, 0.15) is 31.4 Å². The number of methoxy groups -OCH3 is 1. The van der Waals surface area contributed by atoms with Gasteiger partial charge in [-0.25, -0.2) is 4.79 Å². The molecule has 0 aliphatic rings. The molecule has 0 aromatic heterocycles. The van der Waals surface area contributed by atoms with Crippen molar-refractivity contribution < 1.29 is 14.6 Å². The highest BCUT2D eigenvalue weighted by Crippen LogP contribution is 2.24. The fraction of sp³-hybridized carbons (Fsp3) is 0.438. The van der Waals surface area contributed by atoms with Gasteiger partial charge in [0.1, 0.15) is 5.75 Å². The maximum atomic E-state index is 10.6. The van der Waals surface area contributed by atoms with Crippen LogP contribution in [-0.2, 0) is 10.5 Å². The van der Waals surface area contributed by atoms with Gasteiger partial charge in [0, 0.05) is 17.4 Å². The number of hydrogen-bond acceptors (Lipinski definition) is 3. The summed E-state index contributed by atoms with van der Waals surface area (Å²) in [5.74, 6) is 2.55. The number of benzene rings is 1. The summed E-state index contributed by atoms with van der Waals surface area (Å²) in [7, 11) is 1.59. The minimum Gasteiger partial charge on any atom is -0.496 e. The van der Waals surface area contributed by atoms with Crippen LogP contribution in [0.25, 0.3) is 6.08 Å². The van der Waals surface area contributed by atoms with E-state index in [1.54, 1.807) is 13.2 Å². The molecular formula is C16H22O3S. The van der Waals surface area contributed by atoms with E-state index in [0.29, 0.717) is 5.75 Å². The zero-order valence-electron chi connectivity index (χ0n) is 12.3. The molecule has 3 nitrogen and oxygen atoms in total. The predicted molar refractivity (Wildman–Crippen MR) is 85.3 cm³/mol. The molecule has 0 saturated heterocycles. The molecular weight excluding hydrogens is 272 g/mol. The van der Waals surface area contributed by atoms with Crippen LogP contribution in [-0.4, -0.2) is 23.9 Å². The first-order valence-corrected chi connectivity index (χ1v) is 7.84. The topological polar surface area (TPSA) is 46.5 Å². The van der Waals surface area contributed by atoms with Gasteiger partial charge in [0.05, 0.1) is 7.11 Å². The number of thioether (sulfide) groups is 1. The van der Waals surface area contributed by atoms with Crippen LogP contribution in [0.3, 0.4) is 0 Å². The number of aliphatic carboxylic acids is 1. The van der Waals surface area contributed by atoms with E-state index in [0.717, 1.165) is 29.1 Å². The van der Waals surface area contributed by atoms with Crippen LogP contribution in [0.2, 0.25) is 0 Å². The fourth-order valence-electron chi connectivity index (χ4n) is 1.67. The first-order valence-electron chi connectivity index (χ1n) is 6.68. The van der Waals surface area contributed by atoms with Crippen molar-refractivity contribution in [2.24, 2.45) is 5.92 Å². The van der Waals surface area contributed by atoms with Crippen LogP contribution in [0, 0.1) is 5.92 Å². The molecule has 0 bridgehead atoms. The van der Waals surface area contributed by atoms with E-state index in [2.05, 4.69) is 13.8 Å². The SMILES string of the molecule is COc1ccc(CSCCC(C)C)cc1/C=C/C(=O)O. The van der Waals surface area contributed by atoms with Crippen LogP contribution in [0.4, 0.5) is 0 Å². The number of carboxylic acid groups (broad SMARTS) is 1. The lowest BCUT2D eigenvalue weighted by molar-refractivity contribution is -0.131. The molecule has 0 saturated carbocycles. The van der Waals surface area contributed by atoms with E-state index >= 15 is 0 Å². The molecule has 0 unspecified atom stereocenters. The monoisotopic (exact) mass is 294 g/mol. The Kier molecular flexibility index (Phi) is 7.23. The molecule has 1 aromatic rings. The molecule has 20 heavy (non-hydrogen) atoms. The molecule has 110 valence electrons. The van der Waals surface area contributed by atoms with Gasteiger partial charge in [0.15, 0.2) is 0 Å². The van der Waals surface area contributed by atoms with Crippen LogP contribution in [0.5, 0.6) is 5.75 Å². The van der Waals surface area contributed by atoms with Gasteiger partial charge < -0.3 is 9.84 Å². The largest absolute Gasteiger partial charge is 0.496 e. The van der Waals surface area contributed by atoms with Gasteiger partial charge in [0.25, 0.3) is 0 Å². The minimum absolute atomic E-state index is 0.693. The van der Waals surface area contributed by atoms with Crippen LogP contribution in [0.15, 0.2) is 24.3 Å².